The number of benzene rings is 7. The minimum absolute atomic E-state index is 0.237. The molecule has 1 unspecified atom stereocenters. The Kier molecular flexibility index (Phi) is 37.1. The molecule has 36 heteroatoms. The van der Waals surface area contributed by atoms with Crippen molar-refractivity contribution in [2.75, 3.05) is 42.6 Å². The smallest absolute Gasteiger partial charge is 0.171 e. The highest BCUT2D eigenvalue weighted by molar-refractivity contribution is 14.1. The van der Waals surface area contributed by atoms with Crippen LogP contribution in [-0.4, -0.2) is 127 Å². The van der Waals surface area contributed by atoms with Gasteiger partial charge in [-0.25, -0.2) is 37.5 Å². The molecular formula is C114H123Cl4F4IN20O5Si2. The topological polar surface area (TPSA) is 288 Å². The van der Waals surface area contributed by atoms with Crippen LogP contribution in [0.1, 0.15) is 172 Å². The van der Waals surface area contributed by atoms with E-state index >= 15 is 0 Å². The minimum Gasteiger partial charge on any atom is -0.497 e. The molecule has 0 aliphatic rings. The number of halogens is 9. The molecule has 8 N–H and O–H groups in total. The molecule has 150 heavy (non-hydrogen) atoms. The Morgan fingerprint density at radius 1 is 0.400 bits per heavy atom. The summed E-state index contributed by atoms with van der Waals surface area (Å²) in [5.41, 5.74) is 19.8. The third-order valence-electron chi connectivity index (χ3n) is 27.3. The summed E-state index contributed by atoms with van der Waals surface area (Å²) in [5.74, 6) is 4.04. The predicted octanol–water partition coefficient (Wildman–Crippen LogP) is 28.7. The van der Waals surface area contributed by atoms with E-state index in [1.54, 1.807) is 105 Å². The van der Waals surface area contributed by atoms with E-state index in [0.717, 1.165) is 141 Å². The highest BCUT2D eigenvalue weighted by atomic mass is 127. The molecule has 19 rings (SSSR count). The Labute approximate surface area is 906 Å². The maximum Gasteiger partial charge on any atom is 0.171 e. The number of carbonyl (C=O) groups is 1. The Bertz CT molecular complexity index is 7670. The number of hydrogen-bond acceptors (Lipinski definition) is 17. The van der Waals surface area contributed by atoms with Gasteiger partial charge in [0.2, 0.25) is 0 Å². The fourth-order valence-corrected chi connectivity index (χ4v) is 35.1. The van der Waals surface area contributed by atoms with Crippen LogP contribution in [0.2, 0.25) is 53.3 Å². The zero-order valence-electron chi connectivity index (χ0n) is 86.2. The number of aliphatic hydroxyl groups is 1. The van der Waals surface area contributed by atoms with Gasteiger partial charge in [0.15, 0.2) is 22.8 Å². The molecule has 12 heterocycles. The molecule has 0 aliphatic carbocycles. The Hall–Kier alpha value is -13.6. The summed E-state index contributed by atoms with van der Waals surface area (Å²) in [5, 5.41) is 53.1. The quantitative estimate of drug-likeness (QED) is 0.00784. The number of ether oxygens (including phenoxy) is 3. The fraction of sp³-hybridized carbons (Fsp3) is 0.272. The van der Waals surface area contributed by atoms with Crippen LogP contribution in [0.15, 0.2) is 268 Å². The molecule has 0 radical (unpaired) electrons. The van der Waals surface area contributed by atoms with Crippen molar-refractivity contribution in [3.8, 4) is 17.2 Å². The molecule has 12 aromatic heterocycles. The van der Waals surface area contributed by atoms with Crippen LogP contribution in [0.25, 0.3) is 44.1 Å². The number of fused-ring (bicyclic) bond motifs is 4. The van der Waals surface area contributed by atoms with Crippen LogP contribution in [0.3, 0.4) is 0 Å². The Morgan fingerprint density at radius 2 is 0.740 bits per heavy atom. The van der Waals surface area contributed by atoms with Gasteiger partial charge in [-0.05, 0) is 215 Å². The first-order valence-corrected chi connectivity index (χ1v) is 56.5. The van der Waals surface area contributed by atoms with Crippen molar-refractivity contribution >= 4 is 159 Å². The molecule has 0 bridgehead atoms. The standard InChI is InChI=1S/C35H43ClFN5O2Si.C26H23ClFN5O.C19H18FN3O2.C18H15ClFN5.C16H24ClIN2Si/c1-22(2)45(23(3)4,24(5)6)42-21-31(30-16-27(36)19-39-35(30)42)34(43)32-17-33(38-18-25-8-12-28(37)13-9-25)40-41(32)20-26-10-14-29(44-7)15-11-26;1-34-23-8-4-18(5-9-23)16-33-22(10-19-14-30-26-24(19)11-20(27)15-31-26)12-25(32-33)29-13-17-2-6-21(28)7-3-17;1-25-18-8-4-15(5-9-18)12-23-17(13-24)10-19(22-23)21-11-14-2-6-16(20)7-3-14;19-13-6-16-12(9-22-18(16)23-10-13)5-15-7-17(25-24-15)21-8-11-1-3-14(20)4-2-11;1-10(2)21(11(3)4,12(5)6)20-9-15(18)14-7-13(17)8-19-16(14)20/h8-17,19,21-24,34,43H,18,20H2,1-7H3,(H,38,40);2-9,11-12,14-15H,10,13,16H2,1H3,(H,29,32)(H,30,31);2-10,13H,11-12H2,1H3,(H,21,22);1-4,6-7,9-10H,5,8H2,(H,22,23)(H2,21,24,25);7-12H,1-6H3. The van der Waals surface area contributed by atoms with Crippen LogP contribution in [0.4, 0.5) is 40.8 Å². The molecule has 19 aromatic rings. The first-order chi connectivity index (χ1) is 72.1. The van der Waals surface area contributed by atoms with Gasteiger partial charge in [0.05, 0.1) is 66.7 Å². The van der Waals surface area contributed by atoms with Crippen molar-refractivity contribution in [1.82, 2.24) is 77.9 Å². The second kappa shape index (κ2) is 50.4. The minimum atomic E-state index is -2.22. The lowest BCUT2D eigenvalue weighted by Crippen LogP contribution is -2.51. The lowest BCUT2D eigenvalue weighted by atomic mass is 10.1. The number of methoxy groups -OCH3 is 3. The van der Waals surface area contributed by atoms with Crippen LogP contribution >= 0.6 is 69.0 Å². The van der Waals surface area contributed by atoms with E-state index in [2.05, 4.69) is 188 Å². The van der Waals surface area contributed by atoms with Gasteiger partial charge in [0.25, 0.3) is 0 Å². The maximum atomic E-state index is 13.5. The number of pyridine rings is 4. The van der Waals surface area contributed by atoms with E-state index < -0.39 is 22.6 Å². The summed E-state index contributed by atoms with van der Waals surface area (Å²) in [4.78, 5) is 35.8. The molecule has 0 saturated carbocycles. The van der Waals surface area contributed by atoms with Crippen molar-refractivity contribution in [2.24, 2.45) is 0 Å². The van der Waals surface area contributed by atoms with Crippen molar-refractivity contribution in [3.05, 3.63) is 393 Å². The average Bonchev–Trinajstić information content (AvgIpc) is 1.57. The molecule has 0 spiro atoms. The largest absolute Gasteiger partial charge is 0.497 e. The number of aliphatic hydroxyl groups excluding tert-OH is 1. The molecule has 0 fully saturated rings. The summed E-state index contributed by atoms with van der Waals surface area (Å²) in [6.07, 6.45) is 16.2. The normalized spacial score (nSPS) is 11.8. The van der Waals surface area contributed by atoms with Gasteiger partial charge >= 0.3 is 0 Å². The molecular weight excluding hydrogens is 2130 g/mol. The summed E-state index contributed by atoms with van der Waals surface area (Å²) >= 11 is 27.3. The van der Waals surface area contributed by atoms with Crippen molar-refractivity contribution < 1.29 is 41.7 Å². The van der Waals surface area contributed by atoms with Gasteiger partial charge in [-0.1, -0.05) is 214 Å². The molecule has 7 aromatic carbocycles. The average molecular weight is 2250 g/mol. The third kappa shape index (κ3) is 26.7. The van der Waals surface area contributed by atoms with Crippen molar-refractivity contribution in [2.45, 2.75) is 181 Å². The SMILES string of the molecule is CC(C)[Si](C(C)C)(C(C)C)n1cc(I)c2cc(Cl)cnc21.COc1ccc(Cn2nc(NCc3ccc(F)cc3)cc2C(O)c2cn([Si](C(C)C)(C(C)C)C(C)C)c3ncc(Cl)cc23)cc1.COc1ccc(Cn2nc(NCc3ccc(F)cc3)cc2C=O)cc1.COc1ccc(Cn2nc(NCc3ccc(F)cc3)cc2Cc2c[nH]c3ncc(Cl)cc23)cc1.Fc1ccc(CNc2cc(Cc3c[nH]c4ncc(Cl)cc34)[nH]n2)cc1. The number of aromatic nitrogens is 16. The highest BCUT2D eigenvalue weighted by Crippen LogP contribution is 2.48. The number of rotatable bonds is 36. The molecule has 1 atom stereocenters. The predicted molar refractivity (Wildman–Crippen MR) is 609 cm³/mol. The summed E-state index contributed by atoms with van der Waals surface area (Å²) in [6, 6.07) is 64.2. The second-order valence-electron chi connectivity index (χ2n) is 38.8. The number of H-pyrrole nitrogens is 3. The summed E-state index contributed by atoms with van der Waals surface area (Å²) in [7, 11) is 0.938. The first kappa shape index (κ1) is 111. The lowest BCUT2D eigenvalue weighted by Gasteiger charge is -2.44. The van der Waals surface area contributed by atoms with Gasteiger partial charge in [0, 0.05) is 155 Å². The van der Waals surface area contributed by atoms with E-state index in [4.69, 9.17) is 75.8 Å². The maximum absolute atomic E-state index is 13.5. The monoisotopic (exact) mass is 2250 g/mol. The van der Waals surface area contributed by atoms with Gasteiger partial charge in [-0.2, -0.15) is 20.4 Å². The lowest BCUT2D eigenvalue weighted by molar-refractivity contribution is 0.111. The number of aldehydes is 1. The first-order valence-electron chi connectivity index (χ1n) is 49.5. The van der Waals surface area contributed by atoms with Gasteiger partial charge in [-0.15, -0.1) is 0 Å². The van der Waals surface area contributed by atoms with Gasteiger partial charge in [-0.3, -0.25) is 23.9 Å². The summed E-state index contributed by atoms with van der Waals surface area (Å²) in [6.45, 7) is 31.7. The van der Waals surface area contributed by atoms with Crippen LogP contribution in [0.5, 0.6) is 17.2 Å². The van der Waals surface area contributed by atoms with Gasteiger partial charge in [0.1, 0.15) is 98.2 Å². The van der Waals surface area contributed by atoms with Crippen molar-refractivity contribution in [3.63, 3.8) is 0 Å². The van der Waals surface area contributed by atoms with Crippen LogP contribution in [0, 0.1) is 26.8 Å². The molecule has 25 nitrogen and oxygen atoms in total. The number of hydrogen-bond donors (Lipinski definition) is 8. The van der Waals surface area contributed by atoms with Crippen molar-refractivity contribution in [1.29, 1.82) is 0 Å². The molecule has 0 amide bonds. The van der Waals surface area contributed by atoms with E-state index in [1.807, 2.05) is 137 Å². The highest BCUT2D eigenvalue weighted by Gasteiger charge is 2.48. The molecule has 780 valence electrons. The van der Waals surface area contributed by atoms with Crippen LogP contribution < -0.4 is 35.5 Å². The number of anilines is 4. The van der Waals surface area contributed by atoms with E-state index in [-0.39, 0.29) is 23.3 Å². The van der Waals surface area contributed by atoms with Crippen LogP contribution in [-0.2, 0) is 58.7 Å². The van der Waals surface area contributed by atoms with E-state index in [1.165, 1.54) is 57.5 Å². The van der Waals surface area contributed by atoms with Gasteiger partial charge < -0.3 is 59.0 Å². The number of nitrogens with zero attached hydrogens (tertiary/aromatic N) is 13. The van der Waals surface area contributed by atoms with E-state index in [0.29, 0.717) is 135 Å². The Morgan fingerprint density at radius 3 is 1.15 bits per heavy atom. The third-order valence-corrected chi connectivity index (χ3v) is 42.5. The zero-order valence-corrected chi connectivity index (χ0v) is 93.4. The summed E-state index contributed by atoms with van der Waals surface area (Å²) < 4.78 is 79.9. The molecule has 0 aliphatic heterocycles. The fourth-order valence-electron chi connectivity index (χ4n) is 20.4. The number of carbonyl (C=O) groups excluding carboxylic acids is 1. The number of nitrogens with one attached hydrogen (secondary N) is 7. The number of aromatic amines is 3. The Balaban J connectivity index is 0.000000144. The second-order valence-corrected chi connectivity index (χ2v) is 53.1. The van der Waals surface area contributed by atoms with E-state index in [9.17, 15) is 27.5 Å². The molecule has 0 saturated heterocycles. The zero-order chi connectivity index (χ0) is 107.